The van der Waals surface area contributed by atoms with Gasteiger partial charge >= 0.3 is 0 Å². The van der Waals surface area contributed by atoms with Crippen molar-refractivity contribution in [1.29, 1.82) is 0 Å². The van der Waals surface area contributed by atoms with Gasteiger partial charge in [-0.1, -0.05) is 27.7 Å². The summed E-state index contributed by atoms with van der Waals surface area (Å²) in [6, 6.07) is 0. The molecule has 0 aromatic rings. The van der Waals surface area contributed by atoms with E-state index in [9.17, 15) is 5.11 Å². The highest BCUT2D eigenvalue weighted by Gasteiger charge is 2.80. The molecule has 0 aliphatic heterocycles. The maximum atomic E-state index is 9.37. The summed E-state index contributed by atoms with van der Waals surface area (Å²) < 4.78 is 0. The fourth-order valence-corrected chi connectivity index (χ4v) is 5.18. The lowest BCUT2D eigenvalue weighted by atomic mass is 9.68. The number of aliphatic hydroxyl groups is 1. The van der Waals surface area contributed by atoms with Crippen LogP contribution in [0.4, 0.5) is 0 Å². The van der Waals surface area contributed by atoms with Crippen molar-refractivity contribution in [2.75, 3.05) is 6.61 Å². The van der Waals surface area contributed by atoms with Crippen LogP contribution in [0.15, 0.2) is 0 Å². The Hall–Kier alpha value is -0.0400. The molecular formula is C15H26O. The molecule has 3 unspecified atom stereocenters. The Balaban J connectivity index is 1.72. The maximum absolute atomic E-state index is 9.37. The van der Waals surface area contributed by atoms with Gasteiger partial charge in [0, 0.05) is 6.61 Å². The lowest BCUT2D eigenvalue weighted by Gasteiger charge is -2.37. The number of aliphatic hydroxyl groups excluding tert-OH is 1. The molecule has 0 spiro atoms. The van der Waals surface area contributed by atoms with Gasteiger partial charge in [0.15, 0.2) is 0 Å². The topological polar surface area (TPSA) is 20.2 Å². The van der Waals surface area contributed by atoms with Crippen LogP contribution in [0.2, 0.25) is 0 Å². The van der Waals surface area contributed by atoms with E-state index in [0.29, 0.717) is 17.4 Å². The molecule has 1 heteroatoms. The average molecular weight is 222 g/mol. The fourth-order valence-electron chi connectivity index (χ4n) is 5.18. The first-order valence-corrected chi connectivity index (χ1v) is 6.96. The van der Waals surface area contributed by atoms with Crippen molar-refractivity contribution in [2.24, 2.45) is 34.0 Å². The number of hydrogen-bond acceptors (Lipinski definition) is 1. The summed E-state index contributed by atoms with van der Waals surface area (Å²) >= 11 is 0. The van der Waals surface area contributed by atoms with Crippen molar-refractivity contribution in [3.63, 3.8) is 0 Å². The summed E-state index contributed by atoms with van der Waals surface area (Å²) in [6.07, 6.45) is 5.54. The lowest BCUT2D eigenvalue weighted by Crippen LogP contribution is -2.30. The van der Waals surface area contributed by atoms with Gasteiger partial charge in [-0.3, -0.25) is 0 Å². The van der Waals surface area contributed by atoms with Crippen LogP contribution in [-0.4, -0.2) is 11.7 Å². The summed E-state index contributed by atoms with van der Waals surface area (Å²) in [5.74, 6) is 3.14. The van der Waals surface area contributed by atoms with E-state index < -0.39 is 0 Å². The predicted octanol–water partition coefficient (Wildman–Crippen LogP) is 3.47. The summed E-state index contributed by atoms with van der Waals surface area (Å²) in [5, 5.41) is 9.37. The quantitative estimate of drug-likeness (QED) is 0.772. The molecular weight excluding hydrogens is 196 g/mol. The number of rotatable bonds is 4. The van der Waals surface area contributed by atoms with Crippen molar-refractivity contribution in [1.82, 2.24) is 0 Å². The van der Waals surface area contributed by atoms with E-state index >= 15 is 0 Å². The van der Waals surface area contributed by atoms with Gasteiger partial charge in [-0.05, 0) is 59.7 Å². The van der Waals surface area contributed by atoms with Crippen LogP contribution < -0.4 is 0 Å². The monoisotopic (exact) mass is 222 g/mol. The third-order valence-electron chi connectivity index (χ3n) is 6.87. The minimum absolute atomic E-state index is 0.122. The molecule has 0 heterocycles. The highest BCUT2D eigenvalue weighted by Crippen LogP contribution is 2.87. The second-order valence-electron chi connectivity index (χ2n) is 7.90. The van der Waals surface area contributed by atoms with Crippen LogP contribution in [0.5, 0.6) is 0 Å². The average Bonchev–Trinajstić information content (AvgIpc) is 2.61. The third kappa shape index (κ3) is 1.06. The van der Waals surface area contributed by atoms with Crippen molar-refractivity contribution >= 4 is 0 Å². The minimum atomic E-state index is 0.122. The normalized spacial score (nSPS) is 53.4. The molecule has 0 radical (unpaired) electrons. The zero-order chi connectivity index (χ0) is 11.8. The second-order valence-corrected chi connectivity index (χ2v) is 7.90. The first-order valence-electron chi connectivity index (χ1n) is 6.96. The van der Waals surface area contributed by atoms with Gasteiger partial charge in [-0.2, -0.15) is 0 Å². The SMILES string of the molecule is CC(C)(CO)CC[C@]1(C)C2CC3[C@H](C2)C31C. The molecule has 1 N–H and O–H groups in total. The first-order chi connectivity index (χ1) is 7.35. The standard InChI is InChI=1S/C15H26O/c1-13(2,9-16)5-6-14(3)10-7-11-12(8-10)15(11,14)4/h10-12,16H,5-9H2,1-4H3/t10?,11-,12?,14+,15?/m0/s1. The molecule has 0 aromatic heterocycles. The Bertz CT molecular complexity index is 307. The molecule has 4 rings (SSSR count). The van der Waals surface area contributed by atoms with E-state index in [1.165, 1.54) is 25.7 Å². The van der Waals surface area contributed by atoms with Crippen LogP contribution in [0.25, 0.3) is 0 Å². The Labute approximate surface area is 99.6 Å². The van der Waals surface area contributed by atoms with Crippen molar-refractivity contribution in [3.05, 3.63) is 0 Å². The molecule has 5 atom stereocenters. The zero-order valence-corrected chi connectivity index (χ0v) is 11.2. The summed E-state index contributed by atoms with van der Waals surface area (Å²) in [4.78, 5) is 0. The maximum Gasteiger partial charge on any atom is 0.0482 e. The lowest BCUT2D eigenvalue weighted by molar-refractivity contribution is 0.0914. The van der Waals surface area contributed by atoms with Crippen LogP contribution in [0.1, 0.15) is 53.4 Å². The molecule has 0 saturated heterocycles. The molecule has 0 aromatic carbocycles. The highest BCUT2D eigenvalue weighted by molar-refractivity contribution is 5.28. The molecule has 4 aliphatic carbocycles. The Morgan fingerprint density at radius 3 is 2.12 bits per heavy atom. The van der Waals surface area contributed by atoms with E-state index in [1.54, 1.807) is 0 Å². The van der Waals surface area contributed by atoms with Gasteiger partial charge in [0.1, 0.15) is 0 Å². The summed E-state index contributed by atoms with van der Waals surface area (Å²) in [7, 11) is 0. The molecule has 92 valence electrons. The second kappa shape index (κ2) is 2.85. The van der Waals surface area contributed by atoms with Gasteiger partial charge in [0.05, 0.1) is 0 Å². The molecule has 4 bridgehead atoms. The first kappa shape index (κ1) is 11.1. The van der Waals surface area contributed by atoms with E-state index in [2.05, 4.69) is 27.7 Å². The molecule has 4 aliphatic rings. The van der Waals surface area contributed by atoms with Crippen molar-refractivity contribution < 1.29 is 5.11 Å². The van der Waals surface area contributed by atoms with Gasteiger partial charge < -0.3 is 5.11 Å². The Morgan fingerprint density at radius 2 is 1.75 bits per heavy atom. The van der Waals surface area contributed by atoms with Crippen LogP contribution in [0, 0.1) is 34.0 Å². The minimum Gasteiger partial charge on any atom is -0.396 e. The van der Waals surface area contributed by atoms with Crippen LogP contribution >= 0.6 is 0 Å². The third-order valence-corrected chi connectivity index (χ3v) is 6.87. The fraction of sp³-hybridized carbons (Fsp3) is 1.00. The van der Waals surface area contributed by atoms with E-state index in [-0.39, 0.29) is 5.41 Å². The molecule has 16 heavy (non-hydrogen) atoms. The smallest absolute Gasteiger partial charge is 0.0482 e. The molecule has 4 fully saturated rings. The zero-order valence-electron chi connectivity index (χ0n) is 11.2. The predicted molar refractivity (Wildman–Crippen MR) is 66.0 cm³/mol. The molecule has 0 amide bonds. The van der Waals surface area contributed by atoms with E-state index in [1.807, 2.05) is 0 Å². The van der Waals surface area contributed by atoms with Gasteiger partial charge in [0.2, 0.25) is 0 Å². The Kier molecular flexibility index (Phi) is 1.98. The highest BCUT2D eigenvalue weighted by atomic mass is 16.3. The van der Waals surface area contributed by atoms with Crippen molar-refractivity contribution in [3.8, 4) is 0 Å². The van der Waals surface area contributed by atoms with Gasteiger partial charge in [-0.15, -0.1) is 0 Å². The van der Waals surface area contributed by atoms with Crippen molar-refractivity contribution in [2.45, 2.75) is 53.4 Å². The number of hydrogen-bond donors (Lipinski definition) is 1. The van der Waals surface area contributed by atoms with Crippen LogP contribution in [0.3, 0.4) is 0 Å². The van der Waals surface area contributed by atoms with E-state index in [0.717, 1.165) is 17.8 Å². The van der Waals surface area contributed by atoms with Gasteiger partial charge in [0.25, 0.3) is 0 Å². The van der Waals surface area contributed by atoms with E-state index in [4.69, 9.17) is 0 Å². The Morgan fingerprint density at radius 1 is 1.19 bits per heavy atom. The summed E-state index contributed by atoms with van der Waals surface area (Å²) in [6.45, 7) is 9.81. The van der Waals surface area contributed by atoms with Gasteiger partial charge in [-0.25, -0.2) is 0 Å². The summed E-state index contributed by atoms with van der Waals surface area (Å²) in [5.41, 5.74) is 1.40. The molecule has 1 nitrogen and oxygen atoms in total. The molecule has 4 saturated carbocycles. The van der Waals surface area contributed by atoms with Crippen LogP contribution in [-0.2, 0) is 0 Å². The largest absolute Gasteiger partial charge is 0.396 e.